The van der Waals surface area contributed by atoms with E-state index >= 15 is 0 Å². The van der Waals surface area contributed by atoms with Gasteiger partial charge in [0.15, 0.2) is 0 Å². The third-order valence-corrected chi connectivity index (χ3v) is 1.77. The summed E-state index contributed by atoms with van der Waals surface area (Å²) in [5.41, 5.74) is 0. The molecular weight excluding hydrogens is 156 g/mol. The highest BCUT2D eigenvalue weighted by Crippen LogP contribution is 2.03. The molecule has 0 radical (unpaired) electrons. The molecule has 0 aromatic rings. The van der Waals surface area contributed by atoms with Gasteiger partial charge in [0.1, 0.15) is 6.10 Å². The predicted molar refractivity (Wildman–Crippen MR) is 48.2 cm³/mol. The van der Waals surface area contributed by atoms with Crippen molar-refractivity contribution in [3.63, 3.8) is 0 Å². The monoisotopic (exact) mass is 176 g/mol. The molecule has 0 heterocycles. The largest absolute Gasteiger partial charge is 0.388 e. The lowest BCUT2D eigenvalue weighted by atomic mass is 10.2. The van der Waals surface area contributed by atoms with Crippen LogP contribution in [-0.4, -0.2) is 37.6 Å². The summed E-state index contributed by atoms with van der Waals surface area (Å²) >= 11 is 0. The molecule has 0 aromatic heterocycles. The summed E-state index contributed by atoms with van der Waals surface area (Å²) in [6.07, 6.45) is 1.21. The molecule has 2 atom stereocenters. The molecule has 0 aromatic carbocycles. The fourth-order valence-corrected chi connectivity index (χ4v) is 1.05. The minimum atomic E-state index is -0.494. The summed E-state index contributed by atoms with van der Waals surface area (Å²) in [4.78, 5) is 0. The Morgan fingerprint density at radius 1 is 1.33 bits per heavy atom. The Balaban J connectivity index is 3.47. The summed E-state index contributed by atoms with van der Waals surface area (Å²) in [5, 5.41) is 9.49. The second-order valence-corrected chi connectivity index (χ2v) is 2.82. The van der Waals surface area contributed by atoms with E-state index in [0.717, 1.165) is 12.8 Å². The van der Waals surface area contributed by atoms with Crippen LogP contribution in [0.3, 0.4) is 0 Å². The topological polar surface area (TPSA) is 38.7 Å². The second kappa shape index (κ2) is 7.53. The maximum absolute atomic E-state index is 9.49. The zero-order chi connectivity index (χ0) is 9.40. The van der Waals surface area contributed by atoms with Crippen LogP contribution < -0.4 is 0 Å². The van der Waals surface area contributed by atoms with Crippen molar-refractivity contribution in [3.05, 3.63) is 0 Å². The number of ether oxygens (including phenoxy) is 2. The molecule has 0 rings (SSSR count). The van der Waals surface area contributed by atoms with E-state index < -0.39 is 6.10 Å². The maximum atomic E-state index is 9.49. The smallest absolute Gasteiger partial charge is 0.103 e. The SMILES string of the molecule is CCCOCC(O)C(CC)OC. The summed E-state index contributed by atoms with van der Waals surface area (Å²) in [7, 11) is 1.61. The molecule has 3 nitrogen and oxygen atoms in total. The van der Waals surface area contributed by atoms with Crippen molar-refractivity contribution in [2.24, 2.45) is 0 Å². The van der Waals surface area contributed by atoms with E-state index in [-0.39, 0.29) is 6.10 Å². The van der Waals surface area contributed by atoms with Gasteiger partial charge in [-0.25, -0.2) is 0 Å². The van der Waals surface area contributed by atoms with Gasteiger partial charge < -0.3 is 14.6 Å². The Bertz CT molecular complexity index is 91.8. The van der Waals surface area contributed by atoms with E-state index in [1.165, 1.54) is 0 Å². The number of hydrogen-bond donors (Lipinski definition) is 1. The Morgan fingerprint density at radius 2 is 2.00 bits per heavy atom. The van der Waals surface area contributed by atoms with Gasteiger partial charge in [0.25, 0.3) is 0 Å². The first-order valence-corrected chi connectivity index (χ1v) is 4.54. The Morgan fingerprint density at radius 3 is 2.42 bits per heavy atom. The van der Waals surface area contributed by atoms with Crippen molar-refractivity contribution >= 4 is 0 Å². The molecule has 2 unspecified atom stereocenters. The highest BCUT2D eigenvalue weighted by atomic mass is 16.5. The summed E-state index contributed by atoms with van der Waals surface area (Å²) in [6, 6.07) is 0. The number of aliphatic hydroxyl groups excluding tert-OH is 1. The van der Waals surface area contributed by atoms with Crippen LogP contribution >= 0.6 is 0 Å². The van der Waals surface area contributed by atoms with Crippen molar-refractivity contribution in [3.8, 4) is 0 Å². The number of aliphatic hydroxyl groups is 1. The average Bonchev–Trinajstić information content (AvgIpc) is 2.07. The Labute approximate surface area is 74.7 Å². The quantitative estimate of drug-likeness (QED) is 0.592. The minimum absolute atomic E-state index is 0.0955. The zero-order valence-electron chi connectivity index (χ0n) is 8.25. The highest BCUT2D eigenvalue weighted by Gasteiger charge is 2.15. The van der Waals surface area contributed by atoms with Crippen molar-refractivity contribution in [1.29, 1.82) is 0 Å². The molecule has 0 fully saturated rings. The maximum Gasteiger partial charge on any atom is 0.103 e. The average molecular weight is 176 g/mol. The summed E-state index contributed by atoms with van der Waals surface area (Å²) < 4.78 is 10.3. The van der Waals surface area contributed by atoms with E-state index in [2.05, 4.69) is 0 Å². The van der Waals surface area contributed by atoms with Gasteiger partial charge in [0, 0.05) is 13.7 Å². The van der Waals surface area contributed by atoms with Crippen molar-refractivity contribution < 1.29 is 14.6 Å². The molecule has 1 N–H and O–H groups in total. The Kier molecular flexibility index (Phi) is 7.45. The van der Waals surface area contributed by atoms with Crippen LogP contribution in [0.2, 0.25) is 0 Å². The van der Waals surface area contributed by atoms with Gasteiger partial charge in [0.2, 0.25) is 0 Å². The summed E-state index contributed by atoms with van der Waals surface area (Å²) in [5.74, 6) is 0. The van der Waals surface area contributed by atoms with Crippen molar-refractivity contribution in [2.45, 2.75) is 38.9 Å². The molecule has 74 valence electrons. The van der Waals surface area contributed by atoms with Crippen molar-refractivity contribution in [2.75, 3.05) is 20.3 Å². The lowest BCUT2D eigenvalue weighted by molar-refractivity contribution is -0.0565. The zero-order valence-corrected chi connectivity index (χ0v) is 8.25. The molecule has 0 bridgehead atoms. The van der Waals surface area contributed by atoms with E-state index in [1.807, 2.05) is 13.8 Å². The molecule has 0 amide bonds. The van der Waals surface area contributed by atoms with Crippen LogP contribution in [0.15, 0.2) is 0 Å². The molecule has 0 aliphatic carbocycles. The fraction of sp³-hybridized carbons (Fsp3) is 1.00. The van der Waals surface area contributed by atoms with Gasteiger partial charge in [-0.1, -0.05) is 13.8 Å². The second-order valence-electron chi connectivity index (χ2n) is 2.82. The van der Waals surface area contributed by atoms with Crippen LogP contribution in [0, 0.1) is 0 Å². The normalized spacial score (nSPS) is 16.0. The molecular formula is C9H20O3. The van der Waals surface area contributed by atoms with Crippen LogP contribution in [0.5, 0.6) is 0 Å². The molecule has 0 saturated carbocycles. The van der Waals surface area contributed by atoms with Crippen molar-refractivity contribution in [1.82, 2.24) is 0 Å². The minimum Gasteiger partial charge on any atom is -0.388 e. The first-order valence-electron chi connectivity index (χ1n) is 4.54. The van der Waals surface area contributed by atoms with E-state index in [9.17, 15) is 5.11 Å². The van der Waals surface area contributed by atoms with Crippen LogP contribution in [0.1, 0.15) is 26.7 Å². The fourth-order valence-electron chi connectivity index (χ4n) is 1.05. The lowest BCUT2D eigenvalue weighted by Gasteiger charge is -2.19. The van der Waals surface area contributed by atoms with Gasteiger partial charge in [-0.2, -0.15) is 0 Å². The van der Waals surface area contributed by atoms with Crippen LogP contribution in [0.4, 0.5) is 0 Å². The standard InChI is InChI=1S/C9H20O3/c1-4-6-12-7-8(10)9(5-2)11-3/h8-10H,4-7H2,1-3H3. The van der Waals surface area contributed by atoms with E-state index in [0.29, 0.717) is 13.2 Å². The molecule has 0 spiro atoms. The number of methoxy groups -OCH3 is 1. The van der Waals surface area contributed by atoms with Gasteiger partial charge in [-0.15, -0.1) is 0 Å². The third kappa shape index (κ3) is 4.70. The lowest BCUT2D eigenvalue weighted by Crippen LogP contribution is -2.31. The summed E-state index contributed by atoms with van der Waals surface area (Å²) in [6.45, 7) is 5.11. The molecule has 12 heavy (non-hydrogen) atoms. The van der Waals surface area contributed by atoms with Gasteiger partial charge in [0.05, 0.1) is 12.7 Å². The molecule has 3 heteroatoms. The van der Waals surface area contributed by atoms with E-state index in [1.54, 1.807) is 7.11 Å². The van der Waals surface area contributed by atoms with Gasteiger partial charge >= 0.3 is 0 Å². The van der Waals surface area contributed by atoms with E-state index in [4.69, 9.17) is 9.47 Å². The Hall–Kier alpha value is -0.120. The van der Waals surface area contributed by atoms with Crippen LogP contribution in [-0.2, 0) is 9.47 Å². The highest BCUT2D eigenvalue weighted by molar-refractivity contribution is 4.65. The number of rotatable bonds is 7. The molecule has 0 saturated heterocycles. The van der Waals surface area contributed by atoms with Gasteiger partial charge in [-0.3, -0.25) is 0 Å². The predicted octanol–water partition coefficient (Wildman–Crippen LogP) is 1.20. The van der Waals surface area contributed by atoms with Gasteiger partial charge in [-0.05, 0) is 12.8 Å². The first kappa shape index (κ1) is 11.9. The first-order chi connectivity index (χ1) is 5.76. The molecule has 0 aliphatic heterocycles. The molecule has 0 aliphatic rings. The van der Waals surface area contributed by atoms with Crippen LogP contribution in [0.25, 0.3) is 0 Å². The number of hydrogen-bond acceptors (Lipinski definition) is 3. The third-order valence-electron chi connectivity index (χ3n) is 1.77.